The zero-order valence-corrected chi connectivity index (χ0v) is 12.4. The van der Waals surface area contributed by atoms with Crippen molar-refractivity contribution in [2.45, 2.75) is 53.5 Å². The molecule has 0 fully saturated rings. The average Bonchev–Trinajstić information content (AvgIpc) is 2.57. The van der Waals surface area contributed by atoms with Crippen molar-refractivity contribution in [3.05, 3.63) is 15.6 Å². The van der Waals surface area contributed by atoms with Gasteiger partial charge in [0, 0.05) is 30.9 Å². The fraction of sp³-hybridized carbons (Fsp3) is 0.786. The Morgan fingerprint density at radius 2 is 2.12 bits per heavy atom. The minimum absolute atomic E-state index is 0.397. The Morgan fingerprint density at radius 3 is 2.76 bits per heavy atom. The van der Waals surface area contributed by atoms with Gasteiger partial charge in [-0.25, -0.2) is 4.98 Å². The molecule has 96 valence electrons. The number of aromatic nitrogens is 1. The summed E-state index contributed by atoms with van der Waals surface area (Å²) >= 11 is 1.94. The number of fused-ring (bicyclic) bond motifs is 1. The van der Waals surface area contributed by atoms with Gasteiger partial charge < -0.3 is 0 Å². The molecule has 3 heteroatoms. The molecule has 0 bridgehead atoms. The largest absolute Gasteiger partial charge is 0.297 e. The second-order valence-corrected chi connectivity index (χ2v) is 7.42. The van der Waals surface area contributed by atoms with E-state index in [-0.39, 0.29) is 0 Å². The monoisotopic (exact) mass is 252 g/mol. The Hall–Kier alpha value is -0.410. The van der Waals surface area contributed by atoms with Gasteiger partial charge in [-0.05, 0) is 18.3 Å². The summed E-state index contributed by atoms with van der Waals surface area (Å²) in [6, 6.07) is 0. The Labute approximate surface area is 109 Å². The number of hydrogen-bond acceptors (Lipinski definition) is 3. The molecule has 0 aliphatic carbocycles. The number of rotatable bonds is 3. The molecule has 0 N–H and O–H groups in total. The van der Waals surface area contributed by atoms with Crippen molar-refractivity contribution in [3.8, 4) is 0 Å². The Bertz CT molecular complexity index is 376. The third kappa shape index (κ3) is 3.52. The van der Waals surface area contributed by atoms with Gasteiger partial charge in [0.15, 0.2) is 0 Å². The molecule has 0 unspecified atom stereocenters. The molecule has 1 aliphatic rings. The molecule has 1 aromatic rings. The van der Waals surface area contributed by atoms with Crippen molar-refractivity contribution in [2.24, 2.45) is 5.41 Å². The second-order valence-electron chi connectivity index (χ2n) is 6.25. The maximum absolute atomic E-state index is 4.76. The Kier molecular flexibility index (Phi) is 3.88. The third-order valence-corrected chi connectivity index (χ3v) is 4.16. The van der Waals surface area contributed by atoms with Crippen molar-refractivity contribution in [1.82, 2.24) is 9.88 Å². The lowest BCUT2D eigenvalue weighted by Gasteiger charge is -2.32. The van der Waals surface area contributed by atoms with E-state index in [0.29, 0.717) is 5.41 Å². The van der Waals surface area contributed by atoms with Gasteiger partial charge in [0.2, 0.25) is 0 Å². The van der Waals surface area contributed by atoms with Crippen LogP contribution in [0.2, 0.25) is 0 Å². The summed E-state index contributed by atoms with van der Waals surface area (Å²) in [5, 5.41) is 1.34. The third-order valence-electron chi connectivity index (χ3n) is 3.02. The van der Waals surface area contributed by atoms with Crippen LogP contribution in [-0.4, -0.2) is 23.0 Å². The van der Waals surface area contributed by atoms with Gasteiger partial charge >= 0.3 is 0 Å². The van der Waals surface area contributed by atoms with Crippen molar-refractivity contribution in [2.75, 3.05) is 13.1 Å². The topological polar surface area (TPSA) is 16.1 Å². The first-order chi connectivity index (χ1) is 7.98. The molecule has 0 aromatic carbocycles. The summed E-state index contributed by atoms with van der Waals surface area (Å²) in [5.41, 5.74) is 1.78. The van der Waals surface area contributed by atoms with Crippen molar-refractivity contribution < 1.29 is 0 Å². The van der Waals surface area contributed by atoms with Crippen LogP contribution in [0.3, 0.4) is 0 Å². The first kappa shape index (κ1) is 13.0. The van der Waals surface area contributed by atoms with Crippen LogP contribution in [0.25, 0.3) is 0 Å². The van der Waals surface area contributed by atoms with E-state index in [1.807, 2.05) is 11.3 Å². The lowest BCUT2D eigenvalue weighted by molar-refractivity contribution is 0.178. The quantitative estimate of drug-likeness (QED) is 0.818. The average molecular weight is 252 g/mol. The lowest BCUT2D eigenvalue weighted by Crippen LogP contribution is -2.36. The molecule has 2 heterocycles. The number of thiazole rings is 1. The van der Waals surface area contributed by atoms with Gasteiger partial charge in [0.25, 0.3) is 0 Å². The predicted octanol–water partition coefficient (Wildman–Crippen LogP) is 3.50. The van der Waals surface area contributed by atoms with Crippen LogP contribution in [0.1, 0.15) is 49.7 Å². The standard InChI is InChI=1S/C14H24N2S/c1-5-6-13-15-11-7-8-16(9-12(11)17-13)10-14(2,3)4/h5-10H2,1-4H3. The van der Waals surface area contributed by atoms with Gasteiger partial charge in [-0.15, -0.1) is 11.3 Å². The van der Waals surface area contributed by atoms with Gasteiger partial charge in [0.05, 0.1) is 10.7 Å². The number of nitrogens with zero attached hydrogens (tertiary/aromatic N) is 2. The molecule has 1 aromatic heterocycles. The highest BCUT2D eigenvalue weighted by Gasteiger charge is 2.23. The van der Waals surface area contributed by atoms with Gasteiger partial charge in [-0.1, -0.05) is 27.7 Å². The van der Waals surface area contributed by atoms with E-state index >= 15 is 0 Å². The van der Waals surface area contributed by atoms with Gasteiger partial charge in [-0.3, -0.25) is 4.90 Å². The van der Waals surface area contributed by atoms with Gasteiger partial charge in [-0.2, -0.15) is 0 Å². The van der Waals surface area contributed by atoms with E-state index in [0.717, 1.165) is 19.4 Å². The van der Waals surface area contributed by atoms with E-state index < -0.39 is 0 Å². The molecular weight excluding hydrogens is 228 g/mol. The molecule has 0 amide bonds. The van der Waals surface area contributed by atoms with E-state index in [4.69, 9.17) is 4.98 Å². The van der Waals surface area contributed by atoms with Crippen LogP contribution < -0.4 is 0 Å². The van der Waals surface area contributed by atoms with Crippen LogP contribution in [-0.2, 0) is 19.4 Å². The van der Waals surface area contributed by atoms with E-state index in [9.17, 15) is 0 Å². The highest BCUT2D eigenvalue weighted by atomic mass is 32.1. The SMILES string of the molecule is CCCc1nc2c(s1)CN(CC(C)(C)C)CC2. The second kappa shape index (κ2) is 5.07. The molecule has 0 atom stereocenters. The lowest BCUT2D eigenvalue weighted by atomic mass is 9.95. The van der Waals surface area contributed by atoms with E-state index in [2.05, 4.69) is 32.6 Å². The first-order valence-electron chi connectivity index (χ1n) is 6.68. The maximum atomic E-state index is 4.76. The van der Waals surface area contributed by atoms with Gasteiger partial charge in [0.1, 0.15) is 0 Å². The van der Waals surface area contributed by atoms with E-state index in [1.165, 1.54) is 35.1 Å². The molecule has 2 rings (SSSR count). The smallest absolute Gasteiger partial charge is 0.0931 e. The maximum Gasteiger partial charge on any atom is 0.0931 e. The minimum atomic E-state index is 0.397. The fourth-order valence-electron chi connectivity index (χ4n) is 2.43. The minimum Gasteiger partial charge on any atom is -0.297 e. The van der Waals surface area contributed by atoms with Crippen molar-refractivity contribution in [1.29, 1.82) is 0 Å². The normalized spacial score (nSPS) is 17.2. The summed E-state index contributed by atoms with van der Waals surface area (Å²) in [4.78, 5) is 8.86. The first-order valence-corrected chi connectivity index (χ1v) is 7.49. The highest BCUT2D eigenvalue weighted by Crippen LogP contribution is 2.27. The number of hydrogen-bond donors (Lipinski definition) is 0. The van der Waals surface area contributed by atoms with Crippen LogP contribution in [0.5, 0.6) is 0 Å². The highest BCUT2D eigenvalue weighted by molar-refractivity contribution is 7.11. The van der Waals surface area contributed by atoms with Crippen LogP contribution in [0.15, 0.2) is 0 Å². The van der Waals surface area contributed by atoms with Crippen LogP contribution in [0, 0.1) is 5.41 Å². The number of aryl methyl sites for hydroxylation is 1. The molecular formula is C14H24N2S. The molecule has 17 heavy (non-hydrogen) atoms. The molecule has 1 aliphatic heterocycles. The summed E-state index contributed by atoms with van der Waals surface area (Å²) in [6.45, 7) is 12.7. The zero-order valence-electron chi connectivity index (χ0n) is 11.5. The molecule has 0 saturated heterocycles. The molecule has 0 spiro atoms. The van der Waals surface area contributed by atoms with Crippen LogP contribution >= 0.6 is 11.3 Å². The van der Waals surface area contributed by atoms with Crippen molar-refractivity contribution >= 4 is 11.3 Å². The zero-order chi connectivity index (χ0) is 12.5. The van der Waals surface area contributed by atoms with Crippen molar-refractivity contribution in [3.63, 3.8) is 0 Å². The predicted molar refractivity (Wildman–Crippen MR) is 74.5 cm³/mol. The summed E-state index contributed by atoms with van der Waals surface area (Å²) in [7, 11) is 0. The molecule has 0 saturated carbocycles. The van der Waals surface area contributed by atoms with Crippen LogP contribution in [0.4, 0.5) is 0 Å². The Morgan fingerprint density at radius 1 is 1.35 bits per heavy atom. The molecule has 2 nitrogen and oxygen atoms in total. The summed E-state index contributed by atoms with van der Waals surface area (Å²) in [5.74, 6) is 0. The summed E-state index contributed by atoms with van der Waals surface area (Å²) in [6.07, 6.45) is 3.50. The van der Waals surface area contributed by atoms with E-state index in [1.54, 1.807) is 0 Å². The molecule has 0 radical (unpaired) electrons. The Balaban J connectivity index is 2.03. The summed E-state index contributed by atoms with van der Waals surface area (Å²) < 4.78 is 0. The fourth-order valence-corrected chi connectivity index (χ4v) is 3.69.